The molecule has 5 rings (SSSR count). The average molecular weight is 618 g/mol. The molecule has 3 aromatic carbocycles. The van der Waals surface area contributed by atoms with Crippen LogP contribution in [0.2, 0.25) is 0 Å². The van der Waals surface area contributed by atoms with Crippen LogP contribution in [-0.4, -0.2) is 45.9 Å². The van der Waals surface area contributed by atoms with Gasteiger partial charge in [-0.25, -0.2) is 21.6 Å². The first-order chi connectivity index (χ1) is 19.6. The fourth-order valence-corrected chi connectivity index (χ4v) is 5.87. The second-order valence-electron chi connectivity index (χ2n) is 9.86. The maximum absolute atomic E-state index is 14.2. The minimum absolute atomic E-state index is 0.0469. The number of ether oxygens (including phenoxy) is 2. The van der Waals surface area contributed by atoms with Crippen molar-refractivity contribution in [1.82, 2.24) is 0 Å². The molecular formula is C28H25F6NO6S. The Bertz CT molecular complexity index is 1590. The highest BCUT2D eigenvalue weighted by atomic mass is 32.2. The number of halogens is 6. The zero-order chi connectivity index (χ0) is 30.9. The number of anilines is 1. The van der Waals surface area contributed by atoms with E-state index in [2.05, 4.69) is 0 Å². The number of alkyl halides is 3. The Balaban J connectivity index is 0.000000343. The molecule has 0 aromatic heterocycles. The summed E-state index contributed by atoms with van der Waals surface area (Å²) >= 11 is 0. The summed E-state index contributed by atoms with van der Waals surface area (Å²) in [4.78, 5) is 10.0. The highest BCUT2D eigenvalue weighted by molar-refractivity contribution is 7.92. The van der Waals surface area contributed by atoms with Crippen LogP contribution in [-0.2, 0) is 25.7 Å². The minimum atomic E-state index is -4.75. The molecule has 3 aromatic rings. The lowest BCUT2D eigenvalue weighted by atomic mass is 9.83. The van der Waals surface area contributed by atoms with Crippen LogP contribution in [0.3, 0.4) is 0 Å². The molecule has 0 unspecified atom stereocenters. The lowest BCUT2D eigenvalue weighted by Crippen LogP contribution is -2.38. The van der Waals surface area contributed by atoms with Gasteiger partial charge in [0, 0.05) is 24.8 Å². The molecule has 2 aliphatic rings. The molecule has 226 valence electrons. The normalized spacial score (nSPS) is 16.5. The Hall–Kier alpha value is -3.78. The second kappa shape index (κ2) is 11.8. The largest absolute Gasteiger partial charge is 0.489 e. The topological polar surface area (TPSA) is 93.1 Å². The summed E-state index contributed by atoms with van der Waals surface area (Å²) in [6.45, 7) is 2.62. The molecule has 0 amide bonds. The lowest BCUT2D eigenvalue weighted by molar-refractivity contribution is -0.153. The molecule has 14 heteroatoms. The van der Waals surface area contributed by atoms with Gasteiger partial charge in [-0.1, -0.05) is 12.1 Å². The third-order valence-electron chi connectivity index (χ3n) is 6.95. The van der Waals surface area contributed by atoms with E-state index in [0.717, 1.165) is 34.6 Å². The molecule has 7 nitrogen and oxygen atoms in total. The third-order valence-corrected chi connectivity index (χ3v) is 8.75. The van der Waals surface area contributed by atoms with E-state index < -0.39 is 61.1 Å². The van der Waals surface area contributed by atoms with E-state index in [0.29, 0.717) is 38.2 Å². The molecule has 42 heavy (non-hydrogen) atoms. The van der Waals surface area contributed by atoms with Gasteiger partial charge in [-0.3, -0.25) is 9.10 Å². The molecule has 0 spiro atoms. The first-order valence-corrected chi connectivity index (χ1v) is 14.0. The highest BCUT2D eigenvalue weighted by Gasteiger charge is 2.36. The van der Waals surface area contributed by atoms with Gasteiger partial charge in [-0.2, -0.15) is 13.2 Å². The standard InChI is InChI=1S/C21H13F6NO3S.C7H12O3/c22-14-10-16(20(24)17(23)11-14)12-4-5-19-18(8-12)28(6-7-31-19)32(29,30)15-3-1-2-13(9-15)21(25,26)27;1-7(6(8)9)2-4-10-5-3-7/h1-5,8-11H,6-7H2;2-5H2,1H3,(H,8,9). The van der Waals surface area contributed by atoms with Crippen molar-refractivity contribution in [2.75, 3.05) is 30.7 Å². The summed E-state index contributed by atoms with van der Waals surface area (Å²) in [7, 11) is -4.47. The van der Waals surface area contributed by atoms with Crippen molar-refractivity contribution in [1.29, 1.82) is 0 Å². The Kier molecular flexibility index (Phi) is 8.78. The predicted molar refractivity (Wildman–Crippen MR) is 139 cm³/mol. The number of carboxylic acid groups (broad SMARTS) is 1. The Morgan fingerprint density at radius 1 is 0.976 bits per heavy atom. The van der Waals surface area contributed by atoms with Gasteiger partial charge < -0.3 is 14.6 Å². The van der Waals surface area contributed by atoms with E-state index in [9.17, 15) is 39.6 Å². The molecule has 1 fully saturated rings. The number of sulfonamides is 1. The van der Waals surface area contributed by atoms with Gasteiger partial charge in [0.2, 0.25) is 0 Å². The maximum atomic E-state index is 14.2. The molecule has 0 bridgehead atoms. The Morgan fingerprint density at radius 2 is 1.67 bits per heavy atom. The number of nitrogens with zero attached hydrogens (tertiary/aromatic N) is 1. The summed E-state index contributed by atoms with van der Waals surface area (Å²) in [6, 6.07) is 8.08. The molecule has 1 N–H and O–H groups in total. The number of carbonyl (C=O) groups is 1. The fraction of sp³-hybridized carbons (Fsp3) is 0.321. The zero-order valence-electron chi connectivity index (χ0n) is 22.1. The van der Waals surface area contributed by atoms with Crippen LogP contribution >= 0.6 is 0 Å². The van der Waals surface area contributed by atoms with Crippen molar-refractivity contribution in [3.63, 3.8) is 0 Å². The molecule has 2 aliphatic heterocycles. The zero-order valence-corrected chi connectivity index (χ0v) is 22.9. The molecule has 0 saturated carbocycles. The third kappa shape index (κ3) is 6.49. The van der Waals surface area contributed by atoms with Gasteiger partial charge >= 0.3 is 12.1 Å². The van der Waals surface area contributed by atoms with Crippen LogP contribution in [0, 0.1) is 22.9 Å². The number of hydrogen-bond acceptors (Lipinski definition) is 5. The molecule has 2 heterocycles. The monoisotopic (exact) mass is 617 g/mol. The van der Waals surface area contributed by atoms with Gasteiger partial charge in [0.25, 0.3) is 10.0 Å². The van der Waals surface area contributed by atoms with E-state index in [-0.39, 0.29) is 30.2 Å². The van der Waals surface area contributed by atoms with Crippen LogP contribution in [0.4, 0.5) is 32.0 Å². The number of hydrogen-bond donors (Lipinski definition) is 1. The van der Waals surface area contributed by atoms with E-state index >= 15 is 0 Å². The molecule has 0 aliphatic carbocycles. The van der Waals surface area contributed by atoms with Gasteiger partial charge in [0.1, 0.15) is 18.2 Å². The van der Waals surface area contributed by atoms with E-state index in [1.54, 1.807) is 6.92 Å². The highest BCUT2D eigenvalue weighted by Crippen LogP contribution is 2.40. The van der Waals surface area contributed by atoms with Gasteiger partial charge in [-0.05, 0) is 61.7 Å². The van der Waals surface area contributed by atoms with E-state index in [1.165, 1.54) is 12.1 Å². The molecule has 0 atom stereocenters. The molecule has 1 saturated heterocycles. The fourth-order valence-electron chi connectivity index (χ4n) is 4.37. The van der Waals surface area contributed by atoms with Crippen molar-refractivity contribution < 1.29 is 54.1 Å². The predicted octanol–water partition coefficient (Wildman–Crippen LogP) is 6.27. The number of rotatable bonds is 4. The van der Waals surface area contributed by atoms with Gasteiger partial charge in [-0.15, -0.1) is 0 Å². The summed E-state index contributed by atoms with van der Waals surface area (Å²) in [6.07, 6.45) is -3.47. The number of benzene rings is 3. The molecule has 0 radical (unpaired) electrons. The van der Waals surface area contributed by atoms with Gasteiger partial charge in [0.15, 0.2) is 11.6 Å². The number of aliphatic carboxylic acids is 1. The van der Waals surface area contributed by atoms with Crippen molar-refractivity contribution in [3.8, 4) is 16.9 Å². The maximum Gasteiger partial charge on any atom is 0.416 e. The number of fused-ring (bicyclic) bond motifs is 1. The average Bonchev–Trinajstić information content (AvgIpc) is 2.94. The summed E-state index contributed by atoms with van der Waals surface area (Å²) in [5.41, 5.74) is -2.27. The molecular weight excluding hydrogens is 592 g/mol. The smallest absolute Gasteiger partial charge is 0.416 e. The van der Waals surface area contributed by atoms with Crippen LogP contribution in [0.5, 0.6) is 5.75 Å². The van der Waals surface area contributed by atoms with E-state index in [1.807, 2.05) is 0 Å². The van der Waals surface area contributed by atoms with Crippen molar-refractivity contribution in [3.05, 3.63) is 77.6 Å². The first-order valence-electron chi connectivity index (χ1n) is 12.6. The van der Waals surface area contributed by atoms with Crippen LogP contribution in [0.1, 0.15) is 25.3 Å². The van der Waals surface area contributed by atoms with Crippen molar-refractivity contribution in [2.24, 2.45) is 5.41 Å². The number of carboxylic acids is 1. The Morgan fingerprint density at radius 3 is 2.29 bits per heavy atom. The van der Waals surface area contributed by atoms with E-state index in [4.69, 9.17) is 14.6 Å². The van der Waals surface area contributed by atoms with Crippen molar-refractivity contribution in [2.45, 2.75) is 30.8 Å². The first kappa shape index (κ1) is 31.2. The second-order valence-corrected chi connectivity index (χ2v) is 11.7. The lowest BCUT2D eigenvalue weighted by Gasteiger charge is -2.31. The Labute approximate surface area is 237 Å². The van der Waals surface area contributed by atoms with Gasteiger partial charge in [0.05, 0.1) is 28.1 Å². The van der Waals surface area contributed by atoms with Crippen LogP contribution in [0.15, 0.2) is 59.5 Å². The summed E-state index contributed by atoms with van der Waals surface area (Å²) in [5, 5.41) is 8.74. The van der Waals surface area contributed by atoms with Crippen molar-refractivity contribution >= 4 is 21.7 Å². The quantitative estimate of drug-likeness (QED) is 0.274. The minimum Gasteiger partial charge on any atom is -0.489 e. The SMILES string of the molecule is CC1(C(=O)O)CCOCC1.O=S(=O)(c1cccc(C(F)(F)F)c1)N1CCOc2ccc(-c3cc(F)cc(F)c3F)cc21. The summed E-state index contributed by atoms with van der Waals surface area (Å²) in [5.74, 6) is -4.44. The van der Waals surface area contributed by atoms with Crippen LogP contribution in [0.25, 0.3) is 11.1 Å². The summed E-state index contributed by atoms with van der Waals surface area (Å²) < 4.78 is 118. The van der Waals surface area contributed by atoms with Crippen LogP contribution < -0.4 is 9.04 Å².